The number of nitrogens with one attached hydrogen (secondary N) is 1. The fraction of sp³-hybridized carbons (Fsp3) is 0.316. The summed E-state index contributed by atoms with van der Waals surface area (Å²) < 4.78 is 41.2. The normalized spacial score (nSPS) is 12.6. The van der Waals surface area contributed by atoms with E-state index in [2.05, 4.69) is 5.32 Å². The van der Waals surface area contributed by atoms with Crippen LogP contribution in [0.2, 0.25) is 0 Å². The molecule has 0 saturated heterocycles. The van der Waals surface area contributed by atoms with Crippen molar-refractivity contribution in [2.75, 3.05) is 24.9 Å². The number of nitrogens with zero attached hydrogens (tertiary/aromatic N) is 2. The number of amides is 1. The first-order valence-electron chi connectivity index (χ1n) is 8.56. The molecule has 27 heavy (non-hydrogen) atoms. The first-order valence-corrected chi connectivity index (χ1v) is 9.96. The van der Waals surface area contributed by atoms with Crippen LogP contribution in [0.5, 0.6) is 0 Å². The van der Waals surface area contributed by atoms with Gasteiger partial charge in [0.2, 0.25) is 5.91 Å². The smallest absolute Gasteiger partial charge is 0.304 e. The Morgan fingerprint density at radius 3 is 2.22 bits per heavy atom. The number of anilines is 1. The molecule has 1 atom stereocenters. The molecule has 1 amide bonds. The zero-order chi connectivity index (χ0) is 20.0. The molecule has 0 aliphatic heterocycles. The Hall–Kier alpha value is -2.45. The molecule has 0 saturated carbocycles. The Morgan fingerprint density at radius 1 is 1.07 bits per heavy atom. The largest absolute Gasteiger partial charge is 0.348 e. The van der Waals surface area contributed by atoms with Crippen molar-refractivity contribution < 1.29 is 17.6 Å². The highest BCUT2D eigenvalue weighted by atomic mass is 32.2. The van der Waals surface area contributed by atoms with Crippen molar-refractivity contribution in [1.82, 2.24) is 9.62 Å². The number of benzene rings is 2. The standard InChI is InChI=1S/C19H24FN3O3S/c1-4-17(15-10-6-5-7-11-15)21-19(24)14-23(27(25,26)22(2)3)18-13-9-8-12-16(18)20/h5-13,17H,4,14H2,1-3H3,(H,21,24)/t17-/m1/s1. The van der Waals surface area contributed by atoms with Gasteiger partial charge in [-0.3, -0.25) is 4.79 Å². The van der Waals surface area contributed by atoms with Gasteiger partial charge in [0.25, 0.3) is 0 Å². The molecule has 0 aromatic heterocycles. The molecule has 0 aliphatic carbocycles. The summed E-state index contributed by atoms with van der Waals surface area (Å²) in [5.41, 5.74) is 0.746. The Labute approximate surface area is 159 Å². The van der Waals surface area contributed by atoms with Crippen molar-refractivity contribution in [2.24, 2.45) is 0 Å². The zero-order valence-corrected chi connectivity index (χ0v) is 16.4. The van der Waals surface area contributed by atoms with Crippen LogP contribution >= 0.6 is 0 Å². The SMILES string of the molecule is CC[C@@H](NC(=O)CN(c1ccccc1F)S(=O)(=O)N(C)C)c1ccccc1. The van der Waals surface area contributed by atoms with Gasteiger partial charge in [-0.15, -0.1) is 0 Å². The number of hydrogen-bond donors (Lipinski definition) is 1. The number of para-hydroxylation sites is 1. The summed E-state index contributed by atoms with van der Waals surface area (Å²) in [6, 6.07) is 14.6. The molecule has 0 spiro atoms. The maximum atomic E-state index is 14.2. The van der Waals surface area contributed by atoms with Crippen LogP contribution in [0, 0.1) is 5.82 Å². The maximum absolute atomic E-state index is 14.2. The lowest BCUT2D eigenvalue weighted by Crippen LogP contribution is -2.46. The predicted molar refractivity (Wildman–Crippen MR) is 104 cm³/mol. The van der Waals surface area contributed by atoms with Crippen LogP contribution in [0.25, 0.3) is 0 Å². The van der Waals surface area contributed by atoms with E-state index < -0.39 is 28.5 Å². The maximum Gasteiger partial charge on any atom is 0.304 e. The highest BCUT2D eigenvalue weighted by Gasteiger charge is 2.29. The van der Waals surface area contributed by atoms with Crippen molar-refractivity contribution in [3.05, 3.63) is 66.0 Å². The molecule has 0 bridgehead atoms. The van der Waals surface area contributed by atoms with Gasteiger partial charge in [0.1, 0.15) is 12.4 Å². The molecule has 0 aliphatic rings. The van der Waals surface area contributed by atoms with Gasteiger partial charge in [0.05, 0.1) is 11.7 Å². The van der Waals surface area contributed by atoms with Crippen molar-refractivity contribution in [3.8, 4) is 0 Å². The summed E-state index contributed by atoms with van der Waals surface area (Å²) in [6.45, 7) is 1.40. The highest BCUT2D eigenvalue weighted by Crippen LogP contribution is 2.23. The van der Waals surface area contributed by atoms with Crippen molar-refractivity contribution in [2.45, 2.75) is 19.4 Å². The Morgan fingerprint density at radius 2 is 1.67 bits per heavy atom. The molecule has 0 radical (unpaired) electrons. The molecule has 2 aromatic rings. The fourth-order valence-corrected chi connectivity index (χ4v) is 3.69. The molecule has 0 heterocycles. The highest BCUT2D eigenvalue weighted by molar-refractivity contribution is 7.90. The average Bonchev–Trinajstić information content (AvgIpc) is 2.65. The molecule has 146 valence electrons. The van der Waals surface area contributed by atoms with E-state index >= 15 is 0 Å². The van der Waals surface area contributed by atoms with E-state index in [1.54, 1.807) is 0 Å². The van der Waals surface area contributed by atoms with Gasteiger partial charge in [-0.1, -0.05) is 49.4 Å². The molecule has 0 unspecified atom stereocenters. The van der Waals surface area contributed by atoms with E-state index in [-0.39, 0.29) is 11.7 Å². The molecular formula is C19H24FN3O3S. The third-order valence-corrected chi connectivity index (χ3v) is 5.90. The first kappa shape index (κ1) is 20.9. The van der Waals surface area contributed by atoms with E-state index in [0.717, 1.165) is 20.2 Å². The molecule has 8 heteroatoms. The van der Waals surface area contributed by atoms with Gasteiger partial charge in [-0.2, -0.15) is 12.7 Å². The monoisotopic (exact) mass is 393 g/mol. The van der Waals surface area contributed by atoms with Gasteiger partial charge in [0.15, 0.2) is 0 Å². The van der Waals surface area contributed by atoms with Crippen LogP contribution in [-0.4, -0.2) is 39.3 Å². The second-order valence-corrected chi connectivity index (χ2v) is 8.25. The average molecular weight is 393 g/mol. The van der Waals surface area contributed by atoms with Gasteiger partial charge in [-0.05, 0) is 24.1 Å². The minimum atomic E-state index is -4.05. The lowest BCUT2D eigenvalue weighted by atomic mass is 10.0. The van der Waals surface area contributed by atoms with Gasteiger partial charge < -0.3 is 5.32 Å². The lowest BCUT2D eigenvalue weighted by molar-refractivity contribution is -0.120. The third-order valence-electron chi connectivity index (χ3n) is 4.09. The van der Waals surface area contributed by atoms with Crippen LogP contribution in [0.15, 0.2) is 54.6 Å². The van der Waals surface area contributed by atoms with Crippen LogP contribution in [0.3, 0.4) is 0 Å². The topological polar surface area (TPSA) is 69.7 Å². The minimum Gasteiger partial charge on any atom is -0.348 e. The summed E-state index contributed by atoms with van der Waals surface area (Å²) in [5, 5.41) is 2.83. The Balaban J connectivity index is 2.27. The van der Waals surface area contributed by atoms with E-state index in [0.29, 0.717) is 6.42 Å². The summed E-state index contributed by atoms with van der Waals surface area (Å²) in [5.74, 6) is -1.23. The van der Waals surface area contributed by atoms with Gasteiger partial charge in [0, 0.05) is 14.1 Å². The second kappa shape index (κ2) is 8.96. The number of carbonyl (C=O) groups is 1. The second-order valence-electron chi connectivity index (χ2n) is 6.19. The van der Waals surface area contributed by atoms with E-state index in [1.807, 2.05) is 37.3 Å². The number of hydrogen-bond acceptors (Lipinski definition) is 3. The summed E-state index contributed by atoms with van der Waals surface area (Å²) in [6.07, 6.45) is 0.635. The Bertz CT molecular complexity index is 873. The van der Waals surface area contributed by atoms with Crippen molar-refractivity contribution in [3.63, 3.8) is 0 Å². The lowest BCUT2D eigenvalue weighted by Gasteiger charge is -2.28. The minimum absolute atomic E-state index is 0.172. The van der Waals surface area contributed by atoms with Crippen LogP contribution in [0.4, 0.5) is 10.1 Å². The van der Waals surface area contributed by atoms with Crippen LogP contribution in [0.1, 0.15) is 24.9 Å². The van der Waals surface area contributed by atoms with Gasteiger partial charge >= 0.3 is 10.2 Å². The summed E-state index contributed by atoms with van der Waals surface area (Å²) >= 11 is 0. The molecule has 2 aromatic carbocycles. The molecular weight excluding hydrogens is 369 g/mol. The Kier molecular flexibility index (Phi) is 6.92. The third kappa shape index (κ3) is 5.05. The molecule has 0 fully saturated rings. The van der Waals surface area contributed by atoms with Crippen LogP contribution in [-0.2, 0) is 15.0 Å². The number of carbonyl (C=O) groups excluding carboxylic acids is 1. The first-order chi connectivity index (χ1) is 12.8. The molecule has 1 N–H and O–H groups in total. The van der Waals surface area contributed by atoms with Crippen molar-refractivity contribution >= 4 is 21.8 Å². The summed E-state index contributed by atoms with van der Waals surface area (Å²) in [7, 11) is -1.38. The van der Waals surface area contributed by atoms with E-state index in [1.165, 1.54) is 32.3 Å². The van der Waals surface area contributed by atoms with Crippen molar-refractivity contribution in [1.29, 1.82) is 0 Å². The quantitative estimate of drug-likeness (QED) is 0.750. The molecule has 2 rings (SSSR count). The fourth-order valence-electron chi connectivity index (χ4n) is 2.62. The summed E-state index contributed by atoms with van der Waals surface area (Å²) in [4.78, 5) is 12.6. The van der Waals surface area contributed by atoms with E-state index in [9.17, 15) is 17.6 Å². The number of halogens is 1. The zero-order valence-electron chi connectivity index (χ0n) is 15.6. The predicted octanol–water partition coefficient (Wildman–Crippen LogP) is 2.71. The van der Waals surface area contributed by atoms with E-state index in [4.69, 9.17) is 0 Å². The number of rotatable bonds is 8. The van der Waals surface area contributed by atoms with Crippen LogP contribution < -0.4 is 9.62 Å². The molecule has 6 nitrogen and oxygen atoms in total. The van der Waals surface area contributed by atoms with Gasteiger partial charge in [-0.25, -0.2) is 8.70 Å².